The molecule has 3 aromatic rings. The van der Waals surface area contributed by atoms with Crippen molar-refractivity contribution in [3.63, 3.8) is 0 Å². The topological polar surface area (TPSA) is 139 Å². The summed E-state index contributed by atoms with van der Waals surface area (Å²) in [5.74, 6) is -0.509. The van der Waals surface area contributed by atoms with Crippen LogP contribution in [-0.4, -0.2) is 55.3 Å². The number of rotatable bonds is 12. The predicted octanol–water partition coefficient (Wildman–Crippen LogP) is 4.52. The number of ether oxygens (including phenoxy) is 1. The number of nitro benzene ring substituents is 1. The van der Waals surface area contributed by atoms with Crippen LogP contribution in [-0.2, 0) is 26.2 Å². The maximum Gasteiger partial charge on any atom is 0.271 e. The molecule has 224 valence electrons. The number of hydrogen-bond donors (Lipinski definition) is 1. The Bertz CT molecular complexity index is 1520. The Morgan fingerprint density at radius 2 is 1.67 bits per heavy atom. The Kier molecular flexibility index (Phi) is 10.3. The highest BCUT2D eigenvalue weighted by Gasteiger charge is 2.35. The number of methoxy groups -OCH3 is 1. The van der Waals surface area contributed by atoms with E-state index in [0.29, 0.717) is 11.3 Å². The first-order valence-corrected chi connectivity index (χ1v) is 14.8. The number of nitro groups is 1. The molecule has 42 heavy (non-hydrogen) atoms. The molecule has 0 saturated heterocycles. The van der Waals surface area contributed by atoms with Gasteiger partial charge >= 0.3 is 0 Å². The predicted molar refractivity (Wildman–Crippen MR) is 160 cm³/mol. The summed E-state index contributed by atoms with van der Waals surface area (Å²) in [5, 5.41) is 14.4. The highest BCUT2D eigenvalue weighted by Crippen LogP contribution is 2.28. The molecule has 0 aliphatic heterocycles. The summed E-state index contributed by atoms with van der Waals surface area (Å²) in [4.78, 5) is 39.6. The molecule has 1 unspecified atom stereocenters. The number of nitrogens with zero attached hydrogens (tertiary/aromatic N) is 3. The van der Waals surface area contributed by atoms with Crippen molar-refractivity contribution in [2.24, 2.45) is 0 Å². The van der Waals surface area contributed by atoms with Crippen LogP contribution in [0.4, 0.5) is 11.4 Å². The van der Waals surface area contributed by atoms with Gasteiger partial charge in [-0.3, -0.25) is 24.0 Å². The summed E-state index contributed by atoms with van der Waals surface area (Å²) < 4.78 is 33.9. The maximum absolute atomic E-state index is 14.1. The minimum atomic E-state index is -4.35. The third-order valence-electron chi connectivity index (χ3n) is 6.31. The van der Waals surface area contributed by atoms with Crippen LogP contribution in [0.15, 0.2) is 83.8 Å². The van der Waals surface area contributed by atoms with Crippen LogP contribution >= 0.6 is 0 Å². The van der Waals surface area contributed by atoms with Gasteiger partial charge in [0.1, 0.15) is 18.3 Å². The van der Waals surface area contributed by atoms with Gasteiger partial charge in [-0.2, -0.15) is 0 Å². The highest BCUT2D eigenvalue weighted by atomic mass is 32.2. The summed E-state index contributed by atoms with van der Waals surface area (Å²) in [6, 6.07) is 18.6. The third kappa shape index (κ3) is 8.06. The molecule has 2 amide bonds. The molecule has 1 N–H and O–H groups in total. The molecule has 0 bridgehead atoms. The molecule has 0 aliphatic rings. The van der Waals surface area contributed by atoms with E-state index in [1.807, 2.05) is 20.8 Å². The summed E-state index contributed by atoms with van der Waals surface area (Å²) in [7, 11) is -2.83. The first-order chi connectivity index (χ1) is 19.8. The fourth-order valence-corrected chi connectivity index (χ4v) is 5.78. The molecule has 3 rings (SSSR count). The van der Waals surface area contributed by atoms with Gasteiger partial charge in [-0.25, -0.2) is 8.42 Å². The van der Waals surface area contributed by atoms with Gasteiger partial charge in [-0.1, -0.05) is 43.3 Å². The van der Waals surface area contributed by atoms with Crippen LogP contribution < -0.4 is 14.4 Å². The van der Waals surface area contributed by atoms with Crippen molar-refractivity contribution < 1.29 is 27.7 Å². The van der Waals surface area contributed by atoms with E-state index < -0.39 is 44.9 Å². The monoisotopic (exact) mass is 596 g/mol. The van der Waals surface area contributed by atoms with E-state index in [9.17, 15) is 28.1 Å². The Labute approximate surface area is 246 Å². The lowest BCUT2D eigenvalue weighted by atomic mass is 10.1. The quantitative estimate of drug-likeness (QED) is 0.240. The highest BCUT2D eigenvalue weighted by molar-refractivity contribution is 7.92. The van der Waals surface area contributed by atoms with E-state index in [-0.39, 0.29) is 29.2 Å². The molecule has 0 radical (unpaired) electrons. The van der Waals surface area contributed by atoms with Crippen LogP contribution in [0, 0.1) is 10.1 Å². The zero-order valence-electron chi connectivity index (χ0n) is 24.3. The average molecular weight is 597 g/mol. The van der Waals surface area contributed by atoms with Gasteiger partial charge in [0.2, 0.25) is 11.8 Å². The van der Waals surface area contributed by atoms with Crippen molar-refractivity contribution in [3.05, 3.63) is 94.5 Å². The minimum Gasteiger partial charge on any atom is -0.497 e. The van der Waals surface area contributed by atoms with Gasteiger partial charge in [-0.05, 0) is 63.1 Å². The second-order valence-corrected chi connectivity index (χ2v) is 12.5. The zero-order valence-corrected chi connectivity index (χ0v) is 25.1. The first-order valence-electron chi connectivity index (χ1n) is 13.3. The second-order valence-electron chi connectivity index (χ2n) is 10.6. The number of amides is 2. The normalized spacial score (nSPS) is 12.2. The smallest absolute Gasteiger partial charge is 0.271 e. The lowest BCUT2D eigenvalue weighted by molar-refractivity contribution is -0.384. The molecule has 0 aliphatic carbocycles. The van der Waals surface area contributed by atoms with E-state index in [1.54, 1.807) is 49.4 Å². The number of hydrogen-bond acceptors (Lipinski definition) is 7. The van der Waals surface area contributed by atoms with E-state index in [2.05, 4.69) is 5.32 Å². The second kappa shape index (κ2) is 13.5. The van der Waals surface area contributed by atoms with Crippen molar-refractivity contribution >= 4 is 33.2 Å². The fourth-order valence-electron chi connectivity index (χ4n) is 4.35. The molecule has 3 aromatic carbocycles. The van der Waals surface area contributed by atoms with Gasteiger partial charge in [0.15, 0.2) is 0 Å². The van der Waals surface area contributed by atoms with Gasteiger partial charge in [0, 0.05) is 24.2 Å². The van der Waals surface area contributed by atoms with Gasteiger partial charge in [-0.15, -0.1) is 0 Å². The van der Waals surface area contributed by atoms with Gasteiger partial charge < -0.3 is 15.0 Å². The standard InChI is InChI=1S/C30H36N4O7S/c1-6-27(29(36)31-30(2,3)4)32(20-22-12-10-15-25(18-22)41-5)28(35)21-33(23-13-11-14-24(19-23)34(37)38)42(39,40)26-16-8-7-9-17-26/h7-19,27H,6,20-21H2,1-5H3,(H,31,36). The van der Waals surface area contributed by atoms with E-state index in [0.717, 1.165) is 10.4 Å². The number of carbonyl (C=O) groups excluding carboxylic acids is 2. The lowest BCUT2D eigenvalue weighted by Gasteiger charge is -2.34. The molecule has 12 heteroatoms. The minimum absolute atomic E-state index is 0.0136. The summed E-state index contributed by atoms with van der Waals surface area (Å²) in [5.41, 5.74) is -0.314. The van der Waals surface area contributed by atoms with Crippen LogP contribution in [0.3, 0.4) is 0 Å². The number of nitrogens with one attached hydrogen (secondary N) is 1. The third-order valence-corrected chi connectivity index (χ3v) is 8.10. The SMILES string of the molecule is CCC(C(=O)NC(C)(C)C)N(Cc1cccc(OC)c1)C(=O)CN(c1cccc([N+](=O)[O-])c1)S(=O)(=O)c1ccccc1. The Morgan fingerprint density at radius 1 is 1.00 bits per heavy atom. The maximum atomic E-state index is 14.1. The average Bonchev–Trinajstić information content (AvgIpc) is 2.95. The van der Waals surface area contributed by atoms with E-state index in [1.165, 1.54) is 42.3 Å². The van der Waals surface area contributed by atoms with Crippen molar-refractivity contribution in [3.8, 4) is 5.75 Å². The first kappa shape index (κ1) is 32.1. The number of sulfonamides is 1. The van der Waals surface area contributed by atoms with Crippen molar-refractivity contribution in [2.75, 3.05) is 18.0 Å². The zero-order chi connectivity index (χ0) is 31.1. The molecule has 11 nitrogen and oxygen atoms in total. The number of non-ortho nitro benzene ring substituents is 1. The number of carbonyl (C=O) groups is 2. The fraction of sp³-hybridized carbons (Fsp3) is 0.333. The van der Waals surface area contributed by atoms with Crippen LogP contribution in [0.1, 0.15) is 39.7 Å². The Balaban J connectivity index is 2.11. The van der Waals surface area contributed by atoms with Crippen molar-refractivity contribution in [1.82, 2.24) is 10.2 Å². The summed E-state index contributed by atoms with van der Waals surface area (Å²) >= 11 is 0. The largest absolute Gasteiger partial charge is 0.497 e. The molecule has 0 saturated carbocycles. The molecule has 0 aromatic heterocycles. The van der Waals surface area contributed by atoms with E-state index >= 15 is 0 Å². The molecule has 0 heterocycles. The molecular formula is C30H36N4O7S. The lowest BCUT2D eigenvalue weighted by Crippen LogP contribution is -2.55. The summed E-state index contributed by atoms with van der Waals surface area (Å²) in [6.45, 7) is 6.51. The Hall–Kier alpha value is -4.45. The van der Waals surface area contributed by atoms with Gasteiger partial charge in [0.25, 0.3) is 15.7 Å². The number of benzene rings is 3. The molecule has 1 atom stereocenters. The molecule has 0 fully saturated rings. The van der Waals surface area contributed by atoms with Crippen LogP contribution in [0.2, 0.25) is 0 Å². The van der Waals surface area contributed by atoms with Gasteiger partial charge in [0.05, 0.1) is 22.6 Å². The molecule has 0 spiro atoms. The van der Waals surface area contributed by atoms with Crippen molar-refractivity contribution in [1.29, 1.82) is 0 Å². The molecular weight excluding hydrogens is 560 g/mol. The van der Waals surface area contributed by atoms with Crippen LogP contribution in [0.5, 0.6) is 5.75 Å². The summed E-state index contributed by atoms with van der Waals surface area (Å²) in [6.07, 6.45) is 0.250. The van der Waals surface area contributed by atoms with E-state index in [4.69, 9.17) is 4.74 Å². The van der Waals surface area contributed by atoms with Crippen LogP contribution in [0.25, 0.3) is 0 Å². The van der Waals surface area contributed by atoms with Crippen molar-refractivity contribution in [2.45, 2.75) is 57.1 Å². The number of anilines is 1. The Morgan fingerprint density at radius 3 is 2.26 bits per heavy atom.